The molecule has 0 aliphatic carbocycles. The first-order valence-electron chi connectivity index (χ1n) is 9.13. The van der Waals surface area contributed by atoms with Crippen molar-refractivity contribution in [2.24, 2.45) is 0 Å². The third-order valence-corrected chi connectivity index (χ3v) is 4.69. The van der Waals surface area contributed by atoms with Crippen LogP contribution in [0.15, 0.2) is 30.5 Å². The molecule has 0 saturated carbocycles. The smallest absolute Gasteiger partial charge is 0.319 e. The fourth-order valence-electron chi connectivity index (χ4n) is 3.37. The van der Waals surface area contributed by atoms with E-state index in [9.17, 15) is 9.59 Å². The first kappa shape index (κ1) is 18.8. The number of amides is 3. The van der Waals surface area contributed by atoms with Crippen LogP contribution in [0.4, 0.5) is 10.5 Å². The molecule has 0 bridgehead atoms. The molecule has 3 rings (SSSR count). The summed E-state index contributed by atoms with van der Waals surface area (Å²) in [4.78, 5) is 26.6. The van der Waals surface area contributed by atoms with Crippen molar-refractivity contribution in [2.75, 3.05) is 32.1 Å². The summed E-state index contributed by atoms with van der Waals surface area (Å²) in [5.41, 5.74) is 2.12. The summed E-state index contributed by atoms with van der Waals surface area (Å²) in [6.07, 6.45) is 3.42. The van der Waals surface area contributed by atoms with Crippen molar-refractivity contribution in [1.82, 2.24) is 20.4 Å². The topological polar surface area (TPSA) is 99.4 Å². The molecule has 0 spiro atoms. The maximum absolute atomic E-state index is 12.9. The van der Waals surface area contributed by atoms with E-state index in [0.29, 0.717) is 36.6 Å². The number of anilines is 1. The Bertz CT molecular complexity index is 804. The molecule has 3 N–H and O–H groups in total. The molecule has 27 heavy (non-hydrogen) atoms. The van der Waals surface area contributed by atoms with Crippen molar-refractivity contribution in [3.05, 3.63) is 41.7 Å². The number of nitrogens with one attached hydrogen (secondary N) is 3. The number of hydrogen-bond acceptors (Lipinski definition) is 4. The van der Waals surface area contributed by atoms with Gasteiger partial charge in [0.25, 0.3) is 5.91 Å². The molecular weight excluding hydrogens is 346 g/mol. The third kappa shape index (κ3) is 4.39. The summed E-state index contributed by atoms with van der Waals surface area (Å²) in [6, 6.07) is 6.92. The molecule has 0 radical (unpaired) electrons. The molecule has 3 amide bonds. The van der Waals surface area contributed by atoms with Gasteiger partial charge in [-0.15, -0.1) is 0 Å². The lowest BCUT2D eigenvalue weighted by atomic mass is 9.93. The minimum atomic E-state index is -0.264. The second-order valence-electron chi connectivity index (χ2n) is 6.50. The molecule has 8 nitrogen and oxygen atoms in total. The fourth-order valence-corrected chi connectivity index (χ4v) is 3.37. The standard InChI is InChI=1S/C19H25N5O3/c1-3-20-19(26)22-16-11-21-23-17(16)14-7-5-9-24(12-14)18(25)13-6-4-8-15(10-13)27-2/h4,6,8,10-11,14H,3,5,7,9,12H2,1-2H3,(H,21,23)(H2,20,22,26)/t14-/m1/s1. The molecule has 2 heterocycles. The predicted octanol–water partition coefficient (Wildman–Crippen LogP) is 2.58. The highest BCUT2D eigenvalue weighted by atomic mass is 16.5. The van der Waals surface area contributed by atoms with Gasteiger partial charge in [0.05, 0.1) is 24.7 Å². The van der Waals surface area contributed by atoms with Crippen LogP contribution in [0.5, 0.6) is 5.75 Å². The minimum absolute atomic E-state index is 0.0173. The Kier molecular flexibility index (Phi) is 5.95. The molecule has 1 aliphatic heterocycles. The zero-order chi connectivity index (χ0) is 19.2. The number of rotatable bonds is 5. The van der Waals surface area contributed by atoms with E-state index in [1.807, 2.05) is 24.0 Å². The van der Waals surface area contributed by atoms with Crippen LogP contribution < -0.4 is 15.4 Å². The average molecular weight is 371 g/mol. The Balaban J connectivity index is 1.72. The van der Waals surface area contributed by atoms with Crippen LogP contribution in [-0.4, -0.2) is 53.8 Å². The van der Waals surface area contributed by atoms with E-state index >= 15 is 0 Å². The highest BCUT2D eigenvalue weighted by Crippen LogP contribution is 2.31. The van der Waals surface area contributed by atoms with E-state index in [1.54, 1.807) is 25.4 Å². The van der Waals surface area contributed by atoms with Gasteiger partial charge in [-0.1, -0.05) is 6.07 Å². The van der Waals surface area contributed by atoms with E-state index in [4.69, 9.17) is 4.74 Å². The molecule has 144 valence electrons. The number of aromatic amines is 1. The normalized spacial score (nSPS) is 16.7. The molecule has 1 aromatic carbocycles. The summed E-state index contributed by atoms with van der Waals surface area (Å²) in [7, 11) is 1.59. The monoisotopic (exact) mass is 371 g/mol. The van der Waals surface area contributed by atoms with E-state index < -0.39 is 0 Å². The van der Waals surface area contributed by atoms with Gasteiger partial charge in [0.15, 0.2) is 0 Å². The molecule has 1 aromatic heterocycles. The number of benzene rings is 1. The maximum Gasteiger partial charge on any atom is 0.319 e. The Morgan fingerprint density at radius 2 is 2.26 bits per heavy atom. The van der Waals surface area contributed by atoms with Gasteiger partial charge in [-0.2, -0.15) is 5.10 Å². The summed E-state index contributed by atoms with van der Waals surface area (Å²) in [5.74, 6) is 0.737. The quantitative estimate of drug-likeness (QED) is 0.752. The first-order chi connectivity index (χ1) is 13.1. The van der Waals surface area contributed by atoms with Crippen LogP contribution in [0.1, 0.15) is 41.7 Å². The van der Waals surface area contributed by atoms with E-state index in [-0.39, 0.29) is 17.9 Å². The maximum atomic E-state index is 12.9. The number of urea groups is 1. The van der Waals surface area contributed by atoms with Crippen molar-refractivity contribution >= 4 is 17.6 Å². The lowest BCUT2D eigenvalue weighted by Gasteiger charge is -2.32. The minimum Gasteiger partial charge on any atom is -0.497 e. The molecule has 2 aromatic rings. The average Bonchev–Trinajstić information content (AvgIpc) is 3.15. The van der Waals surface area contributed by atoms with Gasteiger partial charge in [0, 0.05) is 31.1 Å². The number of hydrogen-bond donors (Lipinski definition) is 3. The van der Waals surface area contributed by atoms with Crippen molar-refractivity contribution in [2.45, 2.75) is 25.7 Å². The van der Waals surface area contributed by atoms with Gasteiger partial charge >= 0.3 is 6.03 Å². The van der Waals surface area contributed by atoms with Gasteiger partial charge in [0.2, 0.25) is 0 Å². The number of carbonyl (C=O) groups excluding carboxylic acids is 2. The summed E-state index contributed by atoms with van der Waals surface area (Å²) < 4.78 is 5.21. The Morgan fingerprint density at radius 1 is 1.41 bits per heavy atom. The third-order valence-electron chi connectivity index (χ3n) is 4.69. The summed E-state index contributed by atoms with van der Waals surface area (Å²) in [5, 5.41) is 12.6. The second kappa shape index (κ2) is 8.57. The number of piperidine rings is 1. The van der Waals surface area contributed by atoms with E-state index in [0.717, 1.165) is 18.5 Å². The molecule has 0 unspecified atom stereocenters. The number of methoxy groups -OCH3 is 1. The molecule has 1 atom stereocenters. The number of carbonyl (C=O) groups is 2. The Labute approximate surface area is 158 Å². The fraction of sp³-hybridized carbons (Fsp3) is 0.421. The molecule has 1 saturated heterocycles. The lowest BCUT2D eigenvalue weighted by Crippen LogP contribution is -2.39. The SMILES string of the molecule is CCNC(=O)Nc1cn[nH]c1[C@@H]1CCCN(C(=O)c2cccc(OC)c2)C1. The summed E-state index contributed by atoms with van der Waals surface area (Å²) in [6.45, 7) is 3.69. The van der Waals surface area contributed by atoms with E-state index in [2.05, 4.69) is 20.8 Å². The number of ether oxygens (including phenoxy) is 1. The van der Waals surface area contributed by atoms with Crippen LogP contribution in [0, 0.1) is 0 Å². The number of aromatic nitrogens is 2. The van der Waals surface area contributed by atoms with Gasteiger partial charge < -0.3 is 20.3 Å². The largest absolute Gasteiger partial charge is 0.497 e. The lowest BCUT2D eigenvalue weighted by molar-refractivity contribution is 0.0705. The predicted molar refractivity (Wildman–Crippen MR) is 102 cm³/mol. The number of nitrogens with zero attached hydrogens (tertiary/aromatic N) is 2. The van der Waals surface area contributed by atoms with Crippen molar-refractivity contribution < 1.29 is 14.3 Å². The van der Waals surface area contributed by atoms with Gasteiger partial charge in [-0.25, -0.2) is 4.79 Å². The van der Waals surface area contributed by atoms with Gasteiger partial charge in [-0.3, -0.25) is 9.89 Å². The highest BCUT2D eigenvalue weighted by Gasteiger charge is 2.28. The van der Waals surface area contributed by atoms with Crippen LogP contribution in [0.3, 0.4) is 0 Å². The molecule has 1 fully saturated rings. The van der Waals surface area contributed by atoms with Crippen LogP contribution in [0.25, 0.3) is 0 Å². The summed E-state index contributed by atoms with van der Waals surface area (Å²) >= 11 is 0. The molecule has 8 heteroatoms. The zero-order valence-electron chi connectivity index (χ0n) is 15.6. The number of H-pyrrole nitrogens is 1. The second-order valence-corrected chi connectivity index (χ2v) is 6.50. The Morgan fingerprint density at radius 3 is 3.04 bits per heavy atom. The first-order valence-corrected chi connectivity index (χ1v) is 9.13. The van der Waals surface area contributed by atoms with E-state index in [1.165, 1.54) is 0 Å². The van der Waals surface area contributed by atoms with Crippen LogP contribution in [-0.2, 0) is 0 Å². The van der Waals surface area contributed by atoms with Crippen molar-refractivity contribution in [3.63, 3.8) is 0 Å². The molecule has 1 aliphatic rings. The van der Waals surface area contributed by atoms with Crippen molar-refractivity contribution in [1.29, 1.82) is 0 Å². The molecular formula is C19H25N5O3. The van der Waals surface area contributed by atoms with Gasteiger partial charge in [0.1, 0.15) is 5.75 Å². The van der Waals surface area contributed by atoms with Crippen LogP contribution >= 0.6 is 0 Å². The van der Waals surface area contributed by atoms with Crippen molar-refractivity contribution in [3.8, 4) is 5.75 Å². The highest BCUT2D eigenvalue weighted by molar-refractivity contribution is 5.94. The zero-order valence-corrected chi connectivity index (χ0v) is 15.6. The van der Waals surface area contributed by atoms with Crippen LogP contribution in [0.2, 0.25) is 0 Å². The van der Waals surface area contributed by atoms with Gasteiger partial charge in [-0.05, 0) is 38.0 Å². The number of likely N-dealkylation sites (tertiary alicyclic amines) is 1. The Hall–Kier alpha value is -3.03.